The highest BCUT2D eigenvalue weighted by atomic mass is 35.5. The van der Waals surface area contributed by atoms with Crippen LogP contribution in [0.2, 0.25) is 5.02 Å². The number of hydrogen-bond donors (Lipinski definition) is 1. The summed E-state index contributed by atoms with van der Waals surface area (Å²) in [5.74, 6) is 0.198. The molecular formula is C24H19ClN4O3S. The molecule has 0 atom stereocenters. The number of benzene rings is 3. The van der Waals surface area contributed by atoms with Crippen LogP contribution in [0.5, 0.6) is 11.6 Å². The molecule has 0 aliphatic carbocycles. The van der Waals surface area contributed by atoms with Gasteiger partial charge in [-0.2, -0.15) is 5.11 Å². The van der Waals surface area contributed by atoms with E-state index in [0.29, 0.717) is 27.8 Å². The summed E-state index contributed by atoms with van der Waals surface area (Å²) in [6.45, 7) is 1.94. The first-order valence-electron chi connectivity index (χ1n) is 9.89. The lowest BCUT2D eigenvalue weighted by Crippen LogP contribution is -2.23. The second kappa shape index (κ2) is 9.40. The molecule has 0 spiro atoms. The quantitative estimate of drug-likeness (QED) is 0.264. The number of methoxy groups -OCH3 is 1. The SMILES string of the molecule is COc1ccc(N=Nc2c(O)n(-c3ccccc3Cl)c(=S)n(-c3ccc(C)cc3)c2=O)cc1. The van der Waals surface area contributed by atoms with E-state index in [1.54, 1.807) is 67.8 Å². The van der Waals surface area contributed by atoms with Gasteiger partial charge in [-0.25, -0.2) is 0 Å². The number of aryl methyl sites for hydroxylation is 1. The van der Waals surface area contributed by atoms with Crippen molar-refractivity contribution in [2.45, 2.75) is 6.92 Å². The number of rotatable bonds is 5. The Bertz CT molecular complexity index is 1460. The number of ether oxygens (including phenoxy) is 1. The van der Waals surface area contributed by atoms with Crippen LogP contribution in [0.1, 0.15) is 5.56 Å². The maximum atomic E-state index is 13.4. The van der Waals surface area contributed by atoms with Crippen LogP contribution in [-0.2, 0) is 0 Å². The fraction of sp³-hybridized carbons (Fsp3) is 0.0833. The fourth-order valence-electron chi connectivity index (χ4n) is 3.20. The van der Waals surface area contributed by atoms with Crippen molar-refractivity contribution in [2.75, 3.05) is 7.11 Å². The third-order valence-corrected chi connectivity index (χ3v) is 5.62. The summed E-state index contributed by atoms with van der Waals surface area (Å²) in [4.78, 5) is 13.4. The Morgan fingerprint density at radius 1 is 0.939 bits per heavy atom. The van der Waals surface area contributed by atoms with Gasteiger partial charge in [0.2, 0.25) is 11.6 Å². The average Bonchev–Trinajstić information content (AvgIpc) is 2.82. The molecule has 166 valence electrons. The van der Waals surface area contributed by atoms with Crippen LogP contribution in [0.15, 0.2) is 87.8 Å². The summed E-state index contributed by atoms with van der Waals surface area (Å²) in [6.07, 6.45) is 0. The Morgan fingerprint density at radius 2 is 1.61 bits per heavy atom. The normalized spacial score (nSPS) is 11.1. The number of halogens is 1. The highest BCUT2D eigenvalue weighted by molar-refractivity contribution is 7.71. The van der Waals surface area contributed by atoms with Gasteiger partial charge >= 0.3 is 0 Å². The zero-order valence-corrected chi connectivity index (χ0v) is 19.3. The van der Waals surface area contributed by atoms with Gasteiger partial charge in [-0.05, 0) is 67.7 Å². The summed E-state index contributed by atoms with van der Waals surface area (Å²) in [5, 5.41) is 19.6. The minimum absolute atomic E-state index is 0.0397. The number of aromatic nitrogens is 2. The fourth-order valence-corrected chi connectivity index (χ4v) is 3.79. The van der Waals surface area contributed by atoms with Crippen LogP contribution in [-0.4, -0.2) is 21.4 Å². The van der Waals surface area contributed by atoms with Crippen molar-refractivity contribution < 1.29 is 9.84 Å². The van der Waals surface area contributed by atoms with Gasteiger partial charge in [-0.3, -0.25) is 13.9 Å². The highest BCUT2D eigenvalue weighted by Gasteiger charge is 2.20. The van der Waals surface area contributed by atoms with Gasteiger partial charge in [-0.15, -0.1) is 5.11 Å². The third-order valence-electron chi connectivity index (χ3n) is 4.94. The van der Waals surface area contributed by atoms with Gasteiger partial charge in [0.25, 0.3) is 5.56 Å². The van der Waals surface area contributed by atoms with Crippen LogP contribution in [0, 0.1) is 11.7 Å². The van der Waals surface area contributed by atoms with Crippen LogP contribution in [0.3, 0.4) is 0 Å². The van der Waals surface area contributed by atoms with Crippen molar-refractivity contribution in [2.24, 2.45) is 10.2 Å². The minimum atomic E-state index is -0.609. The topological polar surface area (TPSA) is 81.1 Å². The number of hydrogen-bond acceptors (Lipinski definition) is 6. The minimum Gasteiger partial charge on any atom is -0.497 e. The molecule has 1 N–H and O–H groups in total. The summed E-state index contributed by atoms with van der Waals surface area (Å²) >= 11 is 12.0. The standard InChI is InChI=1S/C24H19ClN4O3S/c1-15-7-11-17(12-8-15)28-22(30)21(27-26-16-9-13-18(32-2)14-10-16)23(31)29(24(28)33)20-6-4-3-5-19(20)25/h3-14,31H,1-2H3. The summed E-state index contributed by atoms with van der Waals surface area (Å²) < 4.78 is 7.78. The lowest BCUT2D eigenvalue weighted by molar-refractivity contribution is 0.415. The van der Waals surface area contributed by atoms with Gasteiger partial charge < -0.3 is 9.84 Å². The van der Waals surface area contributed by atoms with E-state index in [9.17, 15) is 9.90 Å². The molecule has 0 fully saturated rings. The molecule has 4 aromatic rings. The average molecular weight is 479 g/mol. The third kappa shape index (κ3) is 4.44. The predicted octanol–water partition coefficient (Wildman–Crippen LogP) is 6.45. The maximum absolute atomic E-state index is 13.4. The number of nitrogens with zero attached hydrogens (tertiary/aromatic N) is 4. The molecule has 9 heteroatoms. The molecular weight excluding hydrogens is 460 g/mol. The van der Waals surface area contributed by atoms with E-state index in [4.69, 9.17) is 28.6 Å². The van der Waals surface area contributed by atoms with E-state index in [2.05, 4.69) is 10.2 Å². The van der Waals surface area contributed by atoms with Crippen LogP contribution >= 0.6 is 23.8 Å². The molecule has 0 saturated carbocycles. The molecule has 0 amide bonds. The first-order valence-corrected chi connectivity index (χ1v) is 10.7. The molecule has 0 aliphatic heterocycles. The predicted molar refractivity (Wildman–Crippen MR) is 131 cm³/mol. The van der Waals surface area contributed by atoms with E-state index in [1.807, 2.05) is 19.1 Å². The van der Waals surface area contributed by atoms with E-state index in [1.165, 1.54) is 9.13 Å². The second-order valence-corrected chi connectivity index (χ2v) is 7.89. The molecule has 0 aliphatic rings. The van der Waals surface area contributed by atoms with Gasteiger partial charge in [0.15, 0.2) is 4.77 Å². The monoisotopic (exact) mass is 478 g/mol. The Labute approximate surface area is 199 Å². The molecule has 1 heterocycles. The summed E-state index contributed by atoms with van der Waals surface area (Å²) in [7, 11) is 1.56. The molecule has 1 aromatic heterocycles. The first kappa shape index (κ1) is 22.4. The first-order chi connectivity index (χ1) is 15.9. The van der Waals surface area contributed by atoms with E-state index < -0.39 is 11.4 Å². The van der Waals surface area contributed by atoms with Gasteiger partial charge in [0, 0.05) is 0 Å². The van der Waals surface area contributed by atoms with E-state index in [-0.39, 0.29) is 10.5 Å². The number of azo groups is 1. The molecule has 0 radical (unpaired) electrons. The number of aromatic hydroxyl groups is 1. The Kier molecular flexibility index (Phi) is 6.39. The molecule has 0 unspecified atom stereocenters. The van der Waals surface area contributed by atoms with Crippen molar-refractivity contribution in [3.8, 4) is 23.0 Å². The van der Waals surface area contributed by atoms with Gasteiger partial charge in [0.1, 0.15) is 5.75 Å². The van der Waals surface area contributed by atoms with Crippen molar-refractivity contribution in [1.29, 1.82) is 0 Å². The van der Waals surface area contributed by atoms with E-state index in [0.717, 1.165) is 5.56 Å². The molecule has 4 rings (SSSR count). The zero-order valence-electron chi connectivity index (χ0n) is 17.8. The Balaban J connectivity index is 1.98. The van der Waals surface area contributed by atoms with Gasteiger partial charge in [-0.1, -0.05) is 41.4 Å². The lowest BCUT2D eigenvalue weighted by Gasteiger charge is -2.16. The smallest absolute Gasteiger partial charge is 0.290 e. The van der Waals surface area contributed by atoms with Crippen molar-refractivity contribution in [1.82, 2.24) is 9.13 Å². The highest BCUT2D eigenvalue weighted by Crippen LogP contribution is 2.32. The summed E-state index contributed by atoms with van der Waals surface area (Å²) in [6, 6.07) is 20.9. The number of para-hydroxylation sites is 1. The Hall–Kier alpha value is -3.75. The van der Waals surface area contributed by atoms with Crippen molar-refractivity contribution in [3.63, 3.8) is 0 Å². The van der Waals surface area contributed by atoms with E-state index >= 15 is 0 Å². The van der Waals surface area contributed by atoms with Gasteiger partial charge in [0.05, 0.1) is 29.2 Å². The summed E-state index contributed by atoms with van der Waals surface area (Å²) in [5.41, 5.74) is 1.54. The zero-order chi connectivity index (χ0) is 23.5. The molecule has 33 heavy (non-hydrogen) atoms. The molecule has 7 nitrogen and oxygen atoms in total. The van der Waals surface area contributed by atoms with Crippen LogP contribution in [0.4, 0.5) is 11.4 Å². The van der Waals surface area contributed by atoms with Crippen molar-refractivity contribution >= 4 is 35.2 Å². The molecule has 0 bridgehead atoms. The molecule has 3 aromatic carbocycles. The maximum Gasteiger partial charge on any atom is 0.290 e. The second-order valence-electron chi connectivity index (χ2n) is 7.12. The lowest BCUT2D eigenvalue weighted by atomic mass is 10.2. The Morgan fingerprint density at radius 3 is 2.24 bits per heavy atom. The van der Waals surface area contributed by atoms with Crippen LogP contribution < -0.4 is 10.3 Å². The van der Waals surface area contributed by atoms with Crippen molar-refractivity contribution in [3.05, 3.63) is 98.5 Å². The van der Waals surface area contributed by atoms with Crippen LogP contribution in [0.25, 0.3) is 11.4 Å². The largest absolute Gasteiger partial charge is 0.497 e. The molecule has 0 saturated heterocycles.